The van der Waals surface area contributed by atoms with Crippen LogP contribution in [0, 0.1) is 0 Å². The Labute approximate surface area is 191 Å². The van der Waals surface area contributed by atoms with Crippen molar-refractivity contribution in [2.24, 2.45) is 0 Å². The highest BCUT2D eigenvalue weighted by atomic mass is 16.5. The Morgan fingerprint density at radius 1 is 0.970 bits per heavy atom. The number of amides is 1. The molecule has 33 heavy (non-hydrogen) atoms. The first-order chi connectivity index (χ1) is 16.2. The van der Waals surface area contributed by atoms with Gasteiger partial charge in [-0.15, -0.1) is 0 Å². The summed E-state index contributed by atoms with van der Waals surface area (Å²) in [5.74, 6) is 0.356. The molecule has 0 aliphatic carbocycles. The van der Waals surface area contributed by atoms with Crippen molar-refractivity contribution >= 4 is 27.7 Å². The number of H-pyrrole nitrogens is 1. The largest absolute Gasteiger partial charge is 0.493 e. The third-order valence-corrected chi connectivity index (χ3v) is 5.63. The molecule has 0 fully saturated rings. The minimum Gasteiger partial charge on any atom is -0.493 e. The maximum atomic E-state index is 12.7. The van der Waals surface area contributed by atoms with Crippen molar-refractivity contribution in [1.29, 1.82) is 0 Å². The Morgan fingerprint density at radius 3 is 2.48 bits per heavy atom. The lowest BCUT2D eigenvalue weighted by Gasteiger charge is -2.12. The van der Waals surface area contributed by atoms with Gasteiger partial charge in [-0.1, -0.05) is 67.4 Å². The van der Waals surface area contributed by atoms with Crippen LogP contribution in [0.5, 0.6) is 5.75 Å². The molecule has 3 aromatic carbocycles. The molecule has 1 amide bonds. The summed E-state index contributed by atoms with van der Waals surface area (Å²) in [5, 5.41) is 10.4. The normalized spacial score (nSPS) is 11.1. The summed E-state index contributed by atoms with van der Waals surface area (Å²) in [6.07, 6.45) is 4.17. The van der Waals surface area contributed by atoms with E-state index < -0.39 is 0 Å². The highest BCUT2D eigenvalue weighted by Crippen LogP contribution is 2.31. The van der Waals surface area contributed by atoms with Gasteiger partial charge in [-0.3, -0.25) is 14.8 Å². The molecule has 0 aliphatic rings. The molecule has 4 rings (SSSR count). The first kappa shape index (κ1) is 22.5. The number of aromatic nitrogens is 2. The van der Waals surface area contributed by atoms with Crippen molar-refractivity contribution in [2.45, 2.75) is 38.5 Å². The van der Waals surface area contributed by atoms with Gasteiger partial charge in [-0.25, -0.2) is 10.5 Å². The zero-order valence-electron chi connectivity index (χ0n) is 18.3. The van der Waals surface area contributed by atoms with Crippen molar-refractivity contribution < 1.29 is 14.7 Å². The third kappa shape index (κ3) is 5.56. The lowest BCUT2D eigenvalue weighted by Crippen LogP contribution is -2.17. The monoisotopic (exact) mass is 445 g/mol. The number of carbonyl (C=O) groups excluding carboxylic acids is 1. The van der Waals surface area contributed by atoms with Crippen LogP contribution >= 0.6 is 0 Å². The van der Waals surface area contributed by atoms with E-state index in [9.17, 15) is 9.59 Å². The molecule has 0 saturated carbocycles. The molecule has 0 unspecified atom stereocenters. The summed E-state index contributed by atoms with van der Waals surface area (Å²) in [5.41, 5.74) is 4.39. The highest BCUT2D eigenvalue weighted by Gasteiger charge is 2.12. The average Bonchev–Trinajstić information content (AvgIpc) is 2.84. The van der Waals surface area contributed by atoms with Gasteiger partial charge in [0.15, 0.2) is 0 Å². The number of carbonyl (C=O) groups is 1. The van der Waals surface area contributed by atoms with Crippen molar-refractivity contribution in [3.8, 4) is 5.75 Å². The highest BCUT2D eigenvalue weighted by molar-refractivity contribution is 6.07. The van der Waals surface area contributed by atoms with Gasteiger partial charge in [0, 0.05) is 29.7 Å². The van der Waals surface area contributed by atoms with Gasteiger partial charge >= 0.3 is 0 Å². The zero-order chi connectivity index (χ0) is 23.0. The van der Waals surface area contributed by atoms with Crippen LogP contribution in [-0.4, -0.2) is 27.7 Å². The Hall–Kier alpha value is -3.71. The fourth-order valence-electron chi connectivity index (χ4n) is 3.93. The molecule has 0 bridgehead atoms. The number of rotatable bonds is 10. The first-order valence-corrected chi connectivity index (χ1v) is 11.2. The molecule has 4 aromatic rings. The summed E-state index contributed by atoms with van der Waals surface area (Å²) in [6.45, 7) is 0.533. The predicted octanol–water partition coefficient (Wildman–Crippen LogP) is 4.50. The summed E-state index contributed by atoms with van der Waals surface area (Å²) in [7, 11) is 0. The Bertz CT molecular complexity index is 1300. The van der Waals surface area contributed by atoms with E-state index >= 15 is 0 Å². The fraction of sp³-hybridized carbons (Fsp3) is 0.269. The van der Waals surface area contributed by atoms with E-state index in [1.165, 1.54) is 0 Å². The number of nitrogens with one attached hydrogen (secondary N) is 2. The van der Waals surface area contributed by atoms with Gasteiger partial charge < -0.3 is 9.72 Å². The molecule has 1 heterocycles. The lowest BCUT2D eigenvalue weighted by atomic mass is 10.1. The second kappa shape index (κ2) is 10.7. The molecule has 0 atom stereocenters. The van der Waals surface area contributed by atoms with Crippen LogP contribution in [0.25, 0.3) is 21.8 Å². The number of hydrogen-bond donors (Lipinski definition) is 3. The maximum absolute atomic E-state index is 12.7. The quantitative estimate of drug-likeness (QED) is 0.144. The van der Waals surface area contributed by atoms with Gasteiger partial charge in [-0.2, -0.15) is 0 Å². The average molecular weight is 446 g/mol. The fourth-order valence-corrected chi connectivity index (χ4v) is 3.93. The van der Waals surface area contributed by atoms with Crippen LogP contribution in [0.1, 0.15) is 43.4 Å². The molecule has 1 aromatic heterocycles. The number of nitrogens with zero attached hydrogens (tertiary/aromatic N) is 1. The first-order valence-electron chi connectivity index (χ1n) is 11.2. The Balaban J connectivity index is 1.52. The number of hydroxylamine groups is 1. The van der Waals surface area contributed by atoms with Crippen LogP contribution in [0.3, 0.4) is 0 Å². The molecule has 170 valence electrons. The molecule has 0 aliphatic heterocycles. The van der Waals surface area contributed by atoms with Crippen molar-refractivity contribution in [3.63, 3.8) is 0 Å². The molecular weight excluding hydrogens is 418 g/mol. The Kier molecular flexibility index (Phi) is 7.32. The van der Waals surface area contributed by atoms with Crippen LogP contribution in [0.15, 0.2) is 65.5 Å². The predicted molar refractivity (Wildman–Crippen MR) is 128 cm³/mol. The number of ether oxygens (including phenoxy) is 1. The number of unbranched alkanes of at least 4 members (excludes halogenated alkanes) is 3. The second-order valence-corrected chi connectivity index (χ2v) is 8.04. The van der Waals surface area contributed by atoms with Gasteiger partial charge in [0.05, 0.1) is 17.6 Å². The number of fused-ring (bicyclic) bond motifs is 3. The van der Waals surface area contributed by atoms with Crippen LogP contribution in [-0.2, 0) is 11.2 Å². The summed E-state index contributed by atoms with van der Waals surface area (Å²) in [6, 6.07) is 19.6. The van der Waals surface area contributed by atoms with E-state index in [0.29, 0.717) is 36.4 Å². The molecule has 7 heteroatoms. The molecule has 0 spiro atoms. The SMILES string of the molecule is O=C(CCCCCCOc1cc2[nH]c(=O)c(Cc3ccccc3)nc2c2ccccc12)NO. The molecule has 0 saturated heterocycles. The van der Waals surface area contributed by atoms with Crippen LogP contribution in [0.2, 0.25) is 0 Å². The van der Waals surface area contributed by atoms with E-state index in [2.05, 4.69) is 4.98 Å². The molecular formula is C26H27N3O4. The van der Waals surface area contributed by atoms with E-state index in [0.717, 1.165) is 47.5 Å². The number of hydrogen-bond acceptors (Lipinski definition) is 5. The third-order valence-electron chi connectivity index (χ3n) is 5.63. The molecule has 3 N–H and O–H groups in total. The smallest absolute Gasteiger partial charge is 0.270 e. The standard InChI is InChI=1S/C26H27N3O4/c30-24(29-32)14-6-1-2-9-15-33-23-17-21-25(20-13-8-7-12-19(20)23)27-22(26(31)28-21)16-18-10-4-3-5-11-18/h3-5,7-8,10-13,17,32H,1-2,6,9,14-16H2,(H,28,31)(H,29,30). The number of benzene rings is 3. The summed E-state index contributed by atoms with van der Waals surface area (Å²) < 4.78 is 6.07. The van der Waals surface area contributed by atoms with Crippen LogP contribution in [0.4, 0.5) is 0 Å². The summed E-state index contributed by atoms with van der Waals surface area (Å²) in [4.78, 5) is 31.5. The van der Waals surface area contributed by atoms with Gasteiger partial charge in [0.1, 0.15) is 11.4 Å². The minimum atomic E-state index is -0.358. The van der Waals surface area contributed by atoms with E-state index in [1.807, 2.05) is 60.7 Å². The van der Waals surface area contributed by atoms with Gasteiger partial charge in [0.25, 0.3) is 5.56 Å². The van der Waals surface area contributed by atoms with Crippen molar-refractivity contribution in [1.82, 2.24) is 15.4 Å². The minimum absolute atomic E-state index is 0.195. The second-order valence-electron chi connectivity index (χ2n) is 8.04. The van der Waals surface area contributed by atoms with E-state index in [-0.39, 0.29) is 11.5 Å². The molecule has 7 nitrogen and oxygen atoms in total. The van der Waals surface area contributed by atoms with Crippen molar-refractivity contribution in [3.05, 3.63) is 82.3 Å². The topological polar surface area (TPSA) is 104 Å². The van der Waals surface area contributed by atoms with E-state index in [4.69, 9.17) is 14.9 Å². The Morgan fingerprint density at radius 2 is 1.70 bits per heavy atom. The van der Waals surface area contributed by atoms with Crippen molar-refractivity contribution in [2.75, 3.05) is 6.61 Å². The van der Waals surface area contributed by atoms with Crippen LogP contribution < -0.4 is 15.8 Å². The lowest BCUT2D eigenvalue weighted by molar-refractivity contribution is -0.129. The van der Waals surface area contributed by atoms with Gasteiger partial charge in [0.2, 0.25) is 5.91 Å². The van der Waals surface area contributed by atoms with E-state index in [1.54, 1.807) is 5.48 Å². The van der Waals surface area contributed by atoms with Gasteiger partial charge in [-0.05, 0) is 18.4 Å². The zero-order valence-corrected chi connectivity index (χ0v) is 18.3. The number of aromatic amines is 1. The maximum Gasteiger partial charge on any atom is 0.270 e. The summed E-state index contributed by atoms with van der Waals surface area (Å²) >= 11 is 0. The molecule has 0 radical (unpaired) electrons.